The van der Waals surface area contributed by atoms with Crippen LogP contribution in [0.3, 0.4) is 0 Å². The SMILES string of the molecule is CCCCN(CC)CCC(NC(C)C)C(N)=O. The maximum absolute atomic E-state index is 11.3. The molecule has 0 aromatic rings. The van der Waals surface area contributed by atoms with Gasteiger partial charge in [-0.15, -0.1) is 0 Å². The van der Waals surface area contributed by atoms with Crippen molar-refractivity contribution in [1.82, 2.24) is 10.2 Å². The van der Waals surface area contributed by atoms with E-state index in [4.69, 9.17) is 5.73 Å². The maximum Gasteiger partial charge on any atom is 0.234 e. The average molecular weight is 243 g/mol. The van der Waals surface area contributed by atoms with Crippen molar-refractivity contribution in [2.24, 2.45) is 5.73 Å². The summed E-state index contributed by atoms with van der Waals surface area (Å²) in [5.41, 5.74) is 5.39. The minimum Gasteiger partial charge on any atom is -0.368 e. The molecule has 1 amide bonds. The van der Waals surface area contributed by atoms with Crippen LogP contribution in [0, 0.1) is 0 Å². The fraction of sp³-hybridized carbons (Fsp3) is 0.923. The lowest BCUT2D eigenvalue weighted by atomic mass is 10.1. The van der Waals surface area contributed by atoms with E-state index in [2.05, 4.69) is 24.1 Å². The van der Waals surface area contributed by atoms with Crippen LogP contribution in [0.5, 0.6) is 0 Å². The zero-order valence-corrected chi connectivity index (χ0v) is 11.8. The van der Waals surface area contributed by atoms with Gasteiger partial charge in [-0.1, -0.05) is 34.1 Å². The van der Waals surface area contributed by atoms with Gasteiger partial charge in [-0.25, -0.2) is 0 Å². The van der Waals surface area contributed by atoms with Gasteiger partial charge in [0.25, 0.3) is 0 Å². The highest BCUT2D eigenvalue weighted by molar-refractivity contribution is 5.79. The molecule has 0 aliphatic carbocycles. The Bertz CT molecular complexity index is 207. The molecule has 0 aliphatic rings. The molecule has 0 radical (unpaired) electrons. The molecular weight excluding hydrogens is 214 g/mol. The number of carbonyl (C=O) groups excluding carboxylic acids is 1. The molecule has 0 saturated heterocycles. The Kier molecular flexibility index (Phi) is 9.09. The lowest BCUT2D eigenvalue weighted by molar-refractivity contribution is -0.120. The summed E-state index contributed by atoms with van der Waals surface area (Å²) in [7, 11) is 0. The maximum atomic E-state index is 11.3. The Hall–Kier alpha value is -0.610. The number of nitrogens with two attached hydrogens (primary N) is 1. The highest BCUT2D eigenvalue weighted by Gasteiger charge is 2.16. The van der Waals surface area contributed by atoms with Crippen molar-refractivity contribution in [3.8, 4) is 0 Å². The van der Waals surface area contributed by atoms with Gasteiger partial charge in [0, 0.05) is 12.6 Å². The van der Waals surface area contributed by atoms with Crippen LogP contribution in [0.1, 0.15) is 47.0 Å². The van der Waals surface area contributed by atoms with Gasteiger partial charge in [-0.05, 0) is 25.9 Å². The Labute approximate surface area is 106 Å². The summed E-state index contributed by atoms with van der Waals surface area (Å²) >= 11 is 0. The summed E-state index contributed by atoms with van der Waals surface area (Å²) in [6, 6.07) is 0.0869. The Morgan fingerprint density at radius 2 is 1.94 bits per heavy atom. The fourth-order valence-corrected chi connectivity index (χ4v) is 1.83. The van der Waals surface area contributed by atoms with E-state index >= 15 is 0 Å². The van der Waals surface area contributed by atoms with Crippen molar-refractivity contribution >= 4 is 5.91 Å². The molecule has 0 heterocycles. The number of hydrogen-bond donors (Lipinski definition) is 2. The van der Waals surface area contributed by atoms with Gasteiger partial charge < -0.3 is 16.0 Å². The first kappa shape index (κ1) is 16.4. The molecule has 0 aromatic heterocycles. The molecule has 0 fully saturated rings. The van der Waals surface area contributed by atoms with E-state index in [0.29, 0.717) is 6.04 Å². The highest BCUT2D eigenvalue weighted by atomic mass is 16.1. The third-order valence-corrected chi connectivity index (χ3v) is 2.89. The molecule has 0 bridgehead atoms. The van der Waals surface area contributed by atoms with Gasteiger partial charge >= 0.3 is 0 Å². The monoisotopic (exact) mass is 243 g/mol. The molecule has 0 saturated carbocycles. The molecule has 0 aromatic carbocycles. The molecule has 4 heteroatoms. The van der Waals surface area contributed by atoms with Gasteiger partial charge in [0.05, 0.1) is 6.04 Å². The smallest absolute Gasteiger partial charge is 0.234 e. The van der Waals surface area contributed by atoms with Crippen molar-refractivity contribution in [2.45, 2.75) is 59.0 Å². The second-order valence-corrected chi connectivity index (χ2v) is 4.85. The zero-order valence-electron chi connectivity index (χ0n) is 11.8. The lowest BCUT2D eigenvalue weighted by Gasteiger charge is -2.24. The van der Waals surface area contributed by atoms with E-state index < -0.39 is 0 Å². The molecular formula is C13H29N3O. The second-order valence-electron chi connectivity index (χ2n) is 4.85. The van der Waals surface area contributed by atoms with E-state index in [1.165, 1.54) is 12.8 Å². The summed E-state index contributed by atoms with van der Waals surface area (Å²) in [5, 5.41) is 3.21. The summed E-state index contributed by atoms with van der Waals surface area (Å²) in [6.07, 6.45) is 3.22. The number of rotatable bonds is 10. The first-order chi connectivity index (χ1) is 8.01. The average Bonchev–Trinajstić information content (AvgIpc) is 2.26. The van der Waals surface area contributed by atoms with E-state index in [1.54, 1.807) is 0 Å². The number of nitrogens with zero attached hydrogens (tertiary/aromatic N) is 1. The largest absolute Gasteiger partial charge is 0.368 e. The number of unbranched alkanes of at least 4 members (excludes halogenated alkanes) is 1. The van der Waals surface area contributed by atoms with Gasteiger partial charge in [-0.3, -0.25) is 4.79 Å². The third-order valence-electron chi connectivity index (χ3n) is 2.89. The fourth-order valence-electron chi connectivity index (χ4n) is 1.83. The summed E-state index contributed by atoms with van der Waals surface area (Å²) in [5.74, 6) is -0.245. The lowest BCUT2D eigenvalue weighted by Crippen LogP contribution is -2.46. The Balaban J connectivity index is 4.03. The molecule has 0 rings (SSSR count). The van der Waals surface area contributed by atoms with Gasteiger partial charge in [0.15, 0.2) is 0 Å². The Morgan fingerprint density at radius 1 is 1.29 bits per heavy atom. The Morgan fingerprint density at radius 3 is 2.35 bits per heavy atom. The number of nitrogens with one attached hydrogen (secondary N) is 1. The topological polar surface area (TPSA) is 58.4 Å². The molecule has 4 nitrogen and oxygen atoms in total. The zero-order chi connectivity index (χ0) is 13.3. The first-order valence-corrected chi connectivity index (χ1v) is 6.78. The second kappa shape index (κ2) is 9.42. The van der Waals surface area contributed by atoms with Gasteiger partial charge in [-0.2, -0.15) is 0 Å². The predicted octanol–water partition coefficient (Wildman–Crippen LogP) is 1.35. The van der Waals surface area contributed by atoms with E-state index in [-0.39, 0.29) is 11.9 Å². The molecule has 102 valence electrons. The summed E-state index contributed by atoms with van der Waals surface area (Å²) in [6.45, 7) is 11.5. The number of carbonyl (C=O) groups is 1. The minimum atomic E-state index is -0.245. The van der Waals surface area contributed by atoms with Crippen LogP contribution in [-0.4, -0.2) is 42.5 Å². The van der Waals surface area contributed by atoms with Crippen LogP contribution < -0.4 is 11.1 Å². The normalized spacial score (nSPS) is 13.3. The first-order valence-electron chi connectivity index (χ1n) is 6.78. The number of primary amides is 1. The summed E-state index contributed by atoms with van der Waals surface area (Å²) in [4.78, 5) is 13.7. The van der Waals surface area contributed by atoms with Crippen LogP contribution >= 0.6 is 0 Å². The van der Waals surface area contributed by atoms with Crippen molar-refractivity contribution in [3.63, 3.8) is 0 Å². The molecule has 0 spiro atoms. The van der Waals surface area contributed by atoms with Crippen LogP contribution in [-0.2, 0) is 4.79 Å². The molecule has 0 aliphatic heterocycles. The van der Waals surface area contributed by atoms with E-state index in [1.807, 2.05) is 13.8 Å². The van der Waals surface area contributed by atoms with Crippen LogP contribution in [0.15, 0.2) is 0 Å². The van der Waals surface area contributed by atoms with Crippen LogP contribution in [0.4, 0.5) is 0 Å². The van der Waals surface area contributed by atoms with E-state index in [9.17, 15) is 4.79 Å². The quantitative estimate of drug-likeness (QED) is 0.609. The standard InChI is InChI=1S/C13H29N3O/c1-5-7-9-16(6-2)10-8-12(13(14)17)15-11(3)4/h11-12,15H,5-10H2,1-4H3,(H2,14,17). The minimum absolute atomic E-state index is 0.203. The van der Waals surface area contributed by atoms with Crippen LogP contribution in [0.2, 0.25) is 0 Å². The molecule has 3 N–H and O–H groups in total. The van der Waals surface area contributed by atoms with Crippen molar-refractivity contribution in [2.75, 3.05) is 19.6 Å². The van der Waals surface area contributed by atoms with Crippen molar-refractivity contribution in [3.05, 3.63) is 0 Å². The van der Waals surface area contributed by atoms with Crippen LogP contribution in [0.25, 0.3) is 0 Å². The van der Waals surface area contributed by atoms with Crippen molar-refractivity contribution in [1.29, 1.82) is 0 Å². The van der Waals surface area contributed by atoms with E-state index in [0.717, 1.165) is 26.1 Å². The molecule has 1 atom stereocenters. The summed E-state index contributed by atoms with van der Waals surface area (Å²) < 4.78 is 0. The highest BCUT2D eigenvalue weighted by Crippen LogP contribution is 2.00. The van der Waals surface area contributed by atoms with Crippen molar-refractivity contribution < 1.29 is 4.79 Å². The predicted molar refractivity (Wildman–Crippen MR) is 72.9 cm³/mol. The van der Waals surface area contributed by atoms with Gasteiger partial charge in [0.1, 0.15) is 0 Å². The molecule has 17 heavy (non-hydrogen) atoms. The third kappa shape index (κ3) is 8.16. The van der Waals surface area contributed by atoms with Gasteiger partial charge in [0.2, 0.25) is 5.91 Å². The number of hydrogen-bond acceptors (Lipinski definition) is 3. The molecule has 1 unspecified atom stereocenters. The number of amides is 1.